The third kappa shape index (κ3) is 6.27. The van der Waals surface area contributed by atoms with Crippen molar-refractivity contribution in [3.63, 3.8) is 0 Å². The van der Waals surface area contributed by atoms with Crippen molar-refractivity contribution >= 4 is 35.2 Å². The van der Waals surface area contributed by atoms with Crippen LogP contribution in [0.2, 0.25) is 5.02 Å². The summed E-state index contributed by atoms with van der Waals surface area (Å²) < 4.78 is 0. The number of nitrogens with one attached hydrogen (secondary N) is 3. The Morgan fingerprint density at radius 2 is 2.06 bits per heavy atom. The Hall–Kier alpha value is -2.94. The molecule has 4 N–H and O–H groups in total. The van der Waals surface area contributed by atoms with E-state index in [4.69, 9.17) is 16.7 Å². The van der Waals surface area contributed by atoms with Gasteiger partial charge in [0.1, 0.15) is 5.82 Å². The lowest BCUT2D eigenvalue weighted by atomic mass is 9.85. The van der Waals surface area contributed by atoms with Crippen LogP contribution in [0.25, 0.3) is 11.1 Å². The van der Waals surface area contributed by atoms with Gasteiger partial charge in [0.25, 0.3) is 0 Å². The minimum Gasteiger partial charge on any atom is -0.481 e. The highest BCUT2D eigenvalue weighted by molar-refractivity contribution is 6.33. The molecular weight excluding hydrogens is 422 g/mol. The number of aromatic amines is 1. The SMILES string of the molecule is CC(=O)N[C@@H]1CCC[C@H](C(=O)Nc2cc(-c3cn[nH]c3CCCC(=O)O)c(Cl)cn2)C1. The summed E-state index contributed by atoms with van der Waals surface area (Å²) >= 11 is 6.35. The van der Waals surface area contributed by atoms with Crippen molar-refractivity contribution in [3.8, 4) is 11.1 Å². The molecule has 1 saturated carbocycles. The molecule has 0 saturated heterocycles. The lowest BCUT2D eigenvalue weighted by Gasteiger charge is -2.28. The second kappa shape index (κ2) is 10.4. The Balaban J connectivity index is 1.70. The number of hydrogen-bond donors (Lipinski definition) is 4. The maximum atomic E-state index is 12.8. The summed E-state index contributed by atoms with van der Waals surface area (Å²) in [5, 5.41) is 22.0. The first-order chi connectivity index (χ1) is 14.8. The summed E-state index contributed by atoms with van der Waals surface area (Å²) in [6.07, 6.45) is 7.24. The fraction of sp³-hybridized carbons (Fsp3) is 0.476. The summed E-state index contributed by atoms with van der Waals surface area (Å²) in [4.78, 5) is 39.1. The zero-order chi connectivity index (χ0) is 22.4. The average Bonchev–Trinajstić information content (AvgIpc) is 3.17. The highest BCUT2D eigenvalue weighted by Gasteiger charge is 2.28. The van der Waals surface area contributed by atoms with Crippen LogP contribution in [0.4, 0.5) is 5.82 Å². The number of carbonyl (C=O) groups excluding carboxylic acids is 2. The maximum Gasteiger partial charge on any atom is 0.303 e. The molecule has 1 aliphatic carbocycles. The first-order valence-electron chi connectivity index (χ1n) is 10.3. The van der Waals surface area contributed by atoms with Crippen LogP contribution in [0, 0.1) is 5.92 Å². The van der Waals surface area contributed by atoms with Crippen LogP contribution in [-0.4, -0.2) is 44.1 Å². The van der Waals surface area contributed by atoms with Gasteiger partial charge in [-0.1, -0.05) is 18.0 Å². The zero-order valence-electron chi connectivity index (χ0n) is 17.3. The first kappa shape index (κ1) is 22.7. The number of aliphatic carboxylic acids is 1. The number of aryl methyl sites for hydroxylation is 1. The molecule has 10 heteroatoms. The van der Waals surface area contributed by atoms with Crippen molar-refractivity contribution < 1.29 is 19.5 Å². The number of carboxylic acid groups (broad SMARTS) is 1. The largest absolute Gasteiger partial charge is 0.481 e. The van der Waals surface area contributed by atoms with Gasteiger partial charge in [-0.3, -0.25) is 19.5 Å². The van der Waals surface area contributed by atoms with E-state index in [-0.39, 0.29) is 30.2 Å². The van der Waals surface area contributed by atoms with Crippen LogP contribution in [-0.2, 0) is 20.8 Å². The Kier molecular flexibility index (Phi) is 7.62. The van der Waals surface area contributed by atoms with E-state index in [9.17, 15) is 14.4 Å². The topological polar surface area (TPSA) is 137 Å². The van der Waals surface area contributed by atoms with E-state index >= 15 is 0 Å². The number of amides is 2. The normalized spacial score (nSPS) is 18.4. The number of rotatable bonds is 8. The molecule has 3 rings (SSSR count). The van der Waals surface area contributed by atoms with Crippen molar-refractivity contribution in [2.45, 2.75) is 57.9 Å². The Morgan fingerprint density at radius 3 is 2.81 bits per heavy atom. The van der Waals surface area contributed by atoms with Crippen molar-refractivity contribution in [2.24, 2.45) is 5.92 Å². The monoisotopic (exact) mass is 447 g/mol. The zero-order valence-corrected chi connectivity index (χ0v) is 18.0. The van der Waals surface area contributed by atoms with Crippen LogP contribution in [0.1, 0.15) is 51.1 Å². The van der Waals surface area contributed by atoms with E-state index in [1.54, 1.807) is 12.3 Å². The molecule has 1 aliphatic rings. The van der Waals surface area contributed by atoms with Crippen LogP contribution >= 0.6 is 11.6 Å². The number of pyridine rings is 1. The van der Waals surface area contributed by atoms with Crippen molar-refractivity contribution in [1.29, 1.82) is 0 Å². The molecule has 1 fully saturated rings. The lowest BCUT2D eigenvalue weighted by Crippen LogP contribution is -2.40. The van der Waals surface area contributed by atoms with Gasteiger partial charge >= 0.3 is 5.97 Å². The van der Waals surface area contributed by atoms with E-state index in [0.717, 1.165) is 30.5 Å². The van der Waals surface area contributed by atoms with Crippen molar-refractivity contribution in [1.82, 2.24) is 20.5 Å². The van der Waals surface area contributed by atoms with E-state index in [0.29, 0.717) is 35.7 Å². The van der Waals surface area contributed by atoms with Gasteiger partial charge in [-0.2, -0.15) is 5.10 Å². The van der Waals surface area contributed by atoms with Gasteiger partial charge in [-0.25, -0.2) is 4.98 Å². The molecular formula is C21H26ClN5O4. The quantitative estimate of drug-likeness (QED) is 0.490. The van der Waals surface area contributed by atoms with Gasteiger partial charge in [-0.15, -0.1) is 0 Å². The fourth-order valence-electron chi connectivity index (χ4n) is 3.94. The van der Waals surface area contributed by atoms with Gasteiger partial charge in [0.15, 0.2) is 0 Å². The molecule has 0 aliphatic heterocycles. The van der Waals surface area contributed by atoms with Gasteiger partial charge in [0.2, 0.25) is 11.8 Å². The summed E-state index contributed by atoms with van der Waals surface area (Å²) in [7, 11) is 0. The number of carbonyl (C=O) groups is 3. The Bertz CT molecular complexity index is 961. The molecule has 166 valence electrons. The lowest BCUT2D eigenvalue weighted by molar-refractivity contribution is -0.137. The molecule has 0 unspecified atom stereocenters. The highest BCUT2D eigenvalue weighted by atomic mass is 35.5. The standard InChI is InChI=1S/C21H26ClN5O4/c1-12(28)25-14-5-2-4-13(8-14)21(31)26-19-9-15(17(22)11-23-19)16-10-24-27-18(16)6-3-7-20(29)30/h9-11,13-14H,2-8H2,1H3,(H,24,27)(H,25,28)(H,29,30)(H,23,26,31)/t13-,14+/m0/s1. The van der Waals surface area contributed by atoms with Crippen molar-refractivity contribution in [2.75, 3.05) is 5.32 Å². The third-order valence-electron chi connectivity index (χ3n) is 5.38. The van der Waals surface area contributed by atoms with Gasteiger partial charge in [0, 0.05) is 48.3 Å². The van der Waals surface area contributed by atoms with Gasteiger partial charge in [-0.05, 0) is 38.2 Å². The maximum absolute atomic E-state index is 12.8. The molecule has 2 aromatic heterocycles. The molecule has 0 spiro atoms. The summed E-state index contributed by atoms with van der Waals surface area (Å²) in [6.45, 7) is 1.48. The fourth-order valence-corrected chi connectivity index (χ4v) is 4.15. The van der Waals surface area contributed by atoms with E-state index in [1.807, 2.05) is 0 Å². The molecule has 2 amide bonds. The van der Waals surface area contributed by atoms with Crippen LogP contribution in [0.15, 0.2) is 18.5 Å². The molecule has 31 heavy (non-hydrogen) atoms. The van der Waals surface area contributed by atoms with Crippen LogP contribution < -0.4 is 10.6 Å². The molecule has 2 aromatic rings. The van der Waals surface area contributed by atoms with Gasteiger partial charge < -0.3 is 15.7 Å². The number of carboxylic acids is 1. The Morgan fingerprint density at radius 1 is 1.26 bits per heavy atom. The highest BCUT2D eigenvalue weighted by Crippen LogP contribution is 2.32. The average molecular weight is 448 g/mol. The number of hydrogen-bond acceptors (Lipinski definition) is 5. The molecule has 2 heterocycles. The molecule has 0 aromatic carbocycles. The van der Waals surface area contributed by atoms with Crippen LogP contribution in [0.5, 0.6) is 0 Å². The molecule has 0 bridgehead atoms. The van der Waals surface area contributed by atoms with E-state index in [1.165, 1.54) is 13.1 Å². The molecule has 9 nitrogen and oxygen atoms in total. The first-order valence-corrected chi connectivity index (χ1v) is 10.7. The van der Waals surface area contributed by atoms with E-state index in [2.05, 4.69) is 25.8 Å². The minimum atomic E-state index is -0.850. The predicted octanol–water partition coefficient (Wildman–Crippen LogP) is 3.17. The van der Waals surface area contributed by atoms with Crippen molar-refractivity contribution in [3.05, 3.63) is 29.2 Å². The van der Waals surface area contributed by atoms with Gasteiger partial charge in [0.05, 0.1) is 11.2 Å². The predicted molar refractivity (Wildman–Crippen MR) is 116 cm³/mol. The number of H-pyrrole nitrogens is 1. The number of aromatic nitrogens is 3. The second-order valence-corrected chi connectivity index (χ2v) is 8.22. The Labute approximate surface area is 185 Å². The number of anilines is 1. The smallest absolute Gasteiger partial charge is 0.303 e. The number of halogens is 1. The summed E-state index contributed by atoms with van der Waals surface area (Å²) in [5.74, 6) is -0.897. The third-order valence-corrected chi connectivity index (χ3v) is 5.69. The number of nitrogens with zero attached hydrogens (tertiary/aromatic N) is 2. The van der Waals surface area contributed by atoms with Crippen LogP contribution in [0.3, 0.4) is 0 Å². The molecule has 2 atom stereocenters. The molecule has 0 radical (unpaired) electrons. The summed E-state index contributed by atoms with van der Waals surface area (Å²) in [5.41, 5.74) is 2.18. The van der Waals surface area contributed by atoms with E-state index < -0.39 is 5.97 Å². The summed E-state index contributed by atoms with van der Waals surface area (Å²) in [6, 6.07) is 1.70. The second-order valence-electron chi connectivity index (χ2n) is 7.81. The minimum absolute atomic E-state index is 0.00929.